The van der Waals surface area contributed by atoms with E-state index in [1.807, 2.05) is 48.7 Å². The number of benzene rings is 2. The summed E-state index contributed by atoms with van der Waals surface area (Å²) in [5, 5.41) is 19.2. The van der Waals surface area contributed by atoms with Crippen molar-refractivity contribution in [2.75, 3.05) is 5.32 Å². The molecule has 1 aliphatic rings. The van der Waals surface area contributed by atoms with Crippen molar-refractivity contribution < 1.29 is 4.79 Å². The molecule has 0 bridgehead atoms. The van der Waals surface area contributed by atoms with Gasteiger partial charge in [-0.3, -0.25) is 10.2 Å². The number of hydrogen-bond acceptors (Lipinski definition) is 4. The number of anilines is 1. The maximum Gasteiger partial charge on any atom is 0.250 e. The SMILES string of the molecule is C/C(=N\NC(=N)N)c1ccc(NC(=O)C2C=c3ccccc3=CN2)cc1. The fourth-order valence-corrected chi connectivity index (χ4v) is 2.58. The van der Waals surface area contributed by atoms with E-state index >= 15 is 0 Å². The van der Waals surface area contributed by atoms with Gasteiger partial charge in [0.15, 0.2) is 0 Å². The summed E-state index contributed by atoms with van der Waals surface area (Å²) < 4.78 is 0. The number of guanidine groups is 1. The highest BCUT2D eigenvalue weighted by Crippen LogP contribution is 2.11. The first kappa shape index (κ1) is 17.2. The maximum absolute atomic E-state index is 12.5. The van der Waals surface area contributed by atoms with Crippen molar-refractivity contribution in [2.45, 2.75) is 13.0 Å². The fraction of sp³-hybridized carbons (Fsp3) is 0.105. The van der Waals surface area contributed by atoms with Crippen molar-refractivity contribution in [3.05, 3.63) is 64.5 Å². The molecular formula is C19H20N6O. The van der Waals surface area contributed by atoms with E-state index in [-0.39, 0.29) is 11.9 Å². The number of amides is 1. The largest absolute Gasteiger partial charge is 0.376 e. The quantitative estimate of drug-likeness (QED) is 0.304. The van der Waals surface area contributed by atoms with E-state index in [1.54, 1.807) is 19.1 Å². The molecule has 3 rings (SSSR count). The summed E-state index contributed by atoms with van der Waals surface area (Å²) in [5.74, 6) is -0.352. The van der Waals surface area contributed by atoms with Crippen LogP contribution in [-0.4, -0.2) is 23.6 Å². The minimum absolute atomic E-state index is 0.132. The first-order valence-corrected chi connectivity index (χ1v) is 8.12. The molecule has 2 aromatic carbocycles. The van der Waals surface area contributed by atoms with Crippen LogP contribution in [-0.2, 0) is 4.79 Å². The van der Waals surface area contributed by atoms with Crippen LogP contribution >= 0.6 is 0 Å². The third kappa shape index (κ3) is 4.07. The van der Waals surface area contributed by atoms with E-state index in [0.29, 0.717) is 11.4 Å². The number of hydrogen-bond donors (Lipinski definition) is 5. The summed E-state index contributed by atoms with van der Waals surface area (Å²) in [6, 6.07) is 14.8. The Bertz CT molecular complexity index is 978. The Morgan fingerprint density at radius 2 is 1.85 bits per heavy atom. The first-order chi connectivity index (χ1) is 12.5. The molecule has 0 spiro atoms. The van der Waals surface area contributed by atoms with Gasteiger partial charge >= 0.3 is 0 Å². The summed E-state index contributed by atoms with van der Waals surface area (Å²) in [6.07, 6.45) is 3.76. The number of nitrogens with two attached hydrogens (primary N) is 1. The second kappa shape index (κ2) is 7.52. The smallest absolute Gasteiger partial charge is 0.250 e. The van der Waals surface area contributed by atoms with Crippen molar-refractivity contribution >= 4 is 35.5 Å². The Morgan fingerprint density at radius 1 is 1.15 bits per heavy atom. The van der Waals surface area contributed by atoms with Gasteiger partial charge in [0.1, 0.15) is 6.04 Å². The molecule has 1 amide bonds. The van der Waals surface area contributed by atoms with Crippen molar-refractivity contribution in [2.24, 2.45) is 10.8 Å². The minimum Gasteiger partial charge on any atom is -0.376 e. The molecule has 1 atom stereocenters. The molecule has 26 heavy (non-hydrogen) atoms. The predicted octanol–water partition coefficient (Wildman–Crippen LogP) is 0.0227. The lowest BCUT2D eigenvalue weighted by molar-refractivity contribution is -0.116. The molecule has 7 nitrogen and oxygen atoms in total. The van der Waals surface area contributed by atoms with Gasteiger partial charge in [-0.15, -0.1) is 0 Å². The number of nitrogens with one attached hydrogen (secondary N) is 4. The average molecular weight is 348 g/mol. The van der Waals surface area contributed by atoms with Crippen molar-refractivity contribution in [1.29, 1.82) is 5.41 Å². The van der Waals surface area contributed by atoms with Gasteiger partial charge in [-0.1, -0.05) is 36.4 Å². The second-order valence-electron chi connectivity index (χ2n) is 5.87. The molecule has 0 aromatic heterocycles. The van der Waals surface area contributed by atoms with E-state index in [4.69, 9.17) is 11.1 Å². The van der Waals surface area contributed by atoms with E-state index in [9.17, 15) is 4.79 Å². The maximum atomic E-state index is 12.5. The molecule has 132 valence electrons. The number of carbonyl (C=O) groups is 1. The number of carbonyl (C=O) groups excluding carboxylic acids is 1. The summed E-state index contributed by atoms with van der Waals surface area (Å²) >= 11 is 0. The zero-order valence-electron chi connectivity index (χ0n) is 14.3. The molecule has 1 unspecified atom stereocenters. The van der Waals surface area contributed by atoms with Gasteiger partial charge in [-0.2, -0.15) is 5.10 Å². The average Bonchev–Trinajstić information content (AvgIpc) is 2.66. The zero-order valence-corrected chi connectivity index (χ0v) is 14.3. The van der Waals surface area contributed by atoms with Crippen molar-refractivity contribution in [1.82, 2.24) is 10.7 Å². The predicted molar refractivity (Wildman–Crippen MR) is 104 cm³/mol. The van der Waals surface area contributed by atoms with Gasteiger partial charge < -0.3 is 16.4 Å². The van der Waals surface area contributed by atoms with Crippen LogP contribution in [0.2, 0.25) is 0 Å². The lowest BCUT2D eigenvalue weighted by Crippen LogP contribution is -2.44. The van der Waals surface area contributed by atoms with Crippen LogP contribution in [0.15, 0.2) is 53.6 Å². The number of hydrazone groups is 1. The molecule has 0 radical (unpaired) electrons. The Balaban J connectivity index is 1.68. The number of nitrogens with zero attached hydrogens (tertiary/aromatic N) is 1. The van der Waals surface area contributed by atoms with E-state index in [2.05, 4.69) is 21.2 Å². The highest BCUT2D eigenvalue weighted by Gasteiger charge is 2.16. The molecule has 1 aliphatic heterocycles. The monoisotopic (exact) mass is 348 g/mol. The van der Waals surface area contributed by atoms with Crippen molar-refractivity contribution in [3.8, 4) is 0 Å². The van der Waals surface area contributed by atoms with Crippen LogP contribution in [0.5, 0.6) is 0 Å². The van der Waals surface area contributed by atoms with Gasteiger partial charge in [0, 0.05) is 11.9 Å². The van der Waals surface area contributed by atoms with Crippen LogP contribution in [0.3, 0.4) is 0 Å². The molecule has 7 heteroatoms. The molecule has 0 saturated heterocycles. The van der Waals surface area contributed by atoms with E-state index < -0.39 is 6.04 Å². The molecule has 0 saturated carbocycles. The Hall–Kier alpha value is -3.61. The lowest BCUT2D eigenvalue weighted by atomic mass is 10.1. The molecule has 0 fully saturated rings. The first-order valence-electron chi connectivity index (χ1n) is 8.12. The van der Waals surface area contributed by atoms with Gasteiger partial charge in [-0.05, 0) is 41.1 Å². The van der Waals surface area contributed by atoms with E-state index in [1.165, 1.54) is 0 Å². The van der Waals surface area contributed by atoms with E-state index in [0.717, 1.165) is 16.0 Å². The van der Waals surface area contributed by atoms with Gasteiger partial charge in [0.25, 0.3) is 5.91 Å². The molecule has 0 aliphatic carbocycles. The van der Waals surface area contributed by atoms with Crippen molar-refractivity contribution in [3.63, 3.8) is 0 Å². The second-order valence-corrected chi connectivity index (χ2v) is 5.87. The minimum atomic E-state index is -0.423. The highest BCUT2D eigenvalue weighted by molar-refractivity contribution is 6.01. The Morgan fingerprint density at radius 3 is 2.54 bits per heavy atom. The van der Waals surface area contributed by atoms with Crippen LogP contribution in [0, 0.1) is 5.41 Å². The highest BCUT2D eigenvalue weighted by atomic mass is 16.2. The standard InChI is InChI=1S/C19H20N6O/c1-12(24-25-19(20)21)13-6-8-16(9-7-13)23-18(26)17-10-14-4-2-3-5-15(14)11-22-17/h2-11,17,22H,1H3,(H,23,26)(H4,20,21,25)/b24-12+. The topological polar surface area (TPSA) is 115 Å². The molecule has 2 aromatic rings. The third-order valence-corrected chi connectivity index (χ3v) is 3.96. The van der Waals surface area contributed by atoms with Gasteiger partial charge in [-0.25, -0.2) is 5.43 Å². The zero-order chi connectivity index (χ0) is 18.5. The molecular weight excluding hydrogens is 328 g/mol. The van der Waals surface area contributed by atoms with Gasteiger partial charge in [0.05, 0.1) is 5.71 Å². The van der Waals surface area contributed by atoms with Gasteiger partial charge in [0.2, 0.25) is 5.96 Å². The molecule has 6 N–H and O–H groups in total. The summed E-state index contributed by atoms with van der Waals surface area (Å²) in [4.78, 5) is 12.5. The van der Waals surface area contributed by atoms with Crippen LogP contribution in [0.4, 0.5) is 5.69 Å². The molecule has 1 heterocycles. The Labute approximate surface area is 150 Å². The number of fused-ring (bicyclic) bond motifs is 1. The number of rotatable bonds is 4. The normalized spacial score (nSPS) is 15.6. The lowest BCUT2D eigenvalue weighted by Gasteiger charge is -2.16. The fourth-order valence-electron chi connectivity index (χ4n) is 2.58. The third-order valence-electron chi connectivity index (χ3n) is 3.96. The summed E-state index contributed by atoms with van der Waals surface area (Å²) in [6.45, 7) is 1.80. The van der Waals surface area contributed by atoms with Crippen LogP contribution < -0.4 is 32.2 Å². The van der Waals surface area contributed by atoms with Crippen LogP contribution in [0.1, 0.15) is 12.5 Å². The summed E-state index contributed by atoms with van der Waals surface area (Å²) in [5.41, 5.74) is 9.85. The summed E-state index contributed by atoms with van der Waals surface area (Å²) in [7, 11) is 0. The van der Waals surface area contributed by atoms with Crippen LogP contribution in [0.25, 0.3) is 12.3 Å². The Kier molecular flexibility index (Phi) is 4.98.